The smallest absolute Gasteiger partial charge is 0.0624 e. The van der Waals surface area contributed by atoms with Gasteiger partial charge in [0.05, 0.1) is 0 Å². The summed E-state index contributed by atoms with van der Waals surface area (Å²) in [6.07, 6.45) is 0. The Labute approximate surface area is 248 Å². The second kappa shape index (κ2) is 10.7. The van der Waals surface area contributed by atoms with Gasteiger partial charge in [0.1, 0.15) is 0 Å². The Morgan fingerprint density at radius 3 is 1.24 bits per heavy atom. The molecule has 0 heterocycles. The number of hydrogen-bond acceptors (Lipinski definition) is 0. The van der Waals surface area contributed by atoms with E-state index in [2.05, 4.69) is 138 Å². The normalized spacial score (nSPS) is 11.4. The Morgan fingerprint density at radius 2 is 0.780 bits per heavy atom. The Bertz CT molecular complexity index is 1700. The second-order valence-electron chi connectivity index (χ2n) is 12.6. The van der Waals surface area contributed by atoms with Crippen LogP contribution in [0.15, 0.2) is 54.6 Å². The summed E-state index contributed by atoms with van der Waals surface area (Å²) < 4.78 is 0. The van der Waals surface area contributed by atoms with Crippen LogP contribution in [0, 0.1) is 83.1 Å². The molecule has 0 radical (unpaired) electrons. The van der Waals surface area contributed by atoms with E-state index < -0.39 is 0 Å². The largest absolute Gasteiger partial charge is 0.243 e. The quantitative estimate of drug-likeness (QED) is 0.202. The fourth-order valence-electron chi connectivity index (χ4n) is 7.42. The van der Waals surface area contributed by atoms with Crippen LogP contribution in [0.4, 0.5) is 0 Å². The predicted molar refractivity (Wildman–Crippen MR) is 184 cm³/mol. The van der Waals surface area contributed by atoms with Gasteiger partial charge in [-0.1, -0.05) is 104 Å². The minimum Gasteiger partial charge on any atom is -0.0624 e. The van der Waals surface area contributed by atoms with Crippen LogP contribution in [0.2, 0.25) is 0 Å². The van der Waals surface area contributed by atoms with E-state index in [9.17, 15) is 0 Å². The third-order valence-corrected chi connectivity index (χ3v) is 10.5. The number of hydrogen-bond donors (Lipinski definition) is 0. The number of fused-ring (bicyclic) bond motifs is 1. The van der Waals surface area contributed by atoms with Gasteiger partial charge in [-0.2, -0.15) is 0 Å². The minimum atomic E-state index is 0.172. The van der Waals surface area contributed by atoms with Crippen molar-refractivity contribution in [2.75, 3.05) is 0 Å². The van der Waals surface area contributed by atoms with Crippen LogP contribution in [0.5, 0.6) is 0 Å². The van der Waals surface area contributed by atoms with Crippen LogP contribution in [0.25, 0.3) is 21.9 Å². The molecule has 0 saturated carbocycles. The van der Waals surface area contributed by atoms with Crippen molar-refractivity contribution in [2.45, 2.75) is 83.1 Å². The molecule has 0 unspecified atom stereocenters. The molecular weight excluding hydrogens is 491 g/mol. The topological polar surface area (TPSA) is 0 Å². The van der Waals surface area contributed by atoms with Crippen molar-refractivity contribution in [3.63, 3.8) is 0 Å². The first-order valence-electron chi connectivity index (χ1n) is 15.1. The highest BCUT2D eigenvalue weighted by Gasteiger charge is 2.34. The maximum absolute atomic E-state index is 2.37. The third-order valence-electron chi connectivity index (χ3n) is 10.5. The zero-order valence-corrected chi connectivity index (χ0v) is 27.3. The molecule has 0 fully saturated rings. The van der Waals surface area contributed by atoms with Crippen LogP contribution in [0.1, 0.15) is 66.8 Å². The summed E-state index contributed by atoms with van der Waals surface area (Å²) in [5.41, 5.74) is 24.0. The summed E-state index contributed by atoms with van der Waals surface area (Å²) in [6.45, 7) is 28.1. The van der Waals surface area contributed by atoms with Crippen molar-refractivity contribution >= 4 is 33.9 Å². The molecule has 0 nitrogen and oxygen atoms in total. The fraction of sp³-hybridized carbons (Fsp3) is 0.300. The molecule has 0 aliphatic carbocycles. The van der Waals surface area contributed by atoms with Gasteiger partial charge >= 0.3 is 0 Å². The van der Waals surface area contributed by atoms with Crippen LogP contribution in [-0.2, 0) is 0 Å². The molecule has 0 amide bonds. The maximum atomic E-state index is 2.37. The van der Waals surface area contributed by atoms with Crippen LogP contribution in [0.3, 0.4) is 0 Å². The molecule has 1 heteroatoms. The lowest BCUT2D eigenvalue weighted by atomic mass is 9.32. The first kappa shape index (κ1) is 28.9. The van der Waals surface area contributed by atoms with Crippen molar-refractivity contribution in [3.8, 4) is 11.1 Å². The van der Waals surface area contributed by atoms with E-state index in [0.29, 0.717) is 0 Å². The zero-order valence-electron chi connectivity index (χ0n) is 27.3. The number of benzene rings is 5. The lowest BCUT2D eigenvalue weighted by molar-refractivity contribution is 1.25. The van der Waals surface area contributed by atoms with Gasteiger partial charge in [-0.15, -0.1) is 0 Å². The number of rotatable bonds is 4. The molecular formula is C40H45B. The summed E-state index contributed by atoms with van der Waals surface area (Å²) in [5, 5.41) is 2.62. The van der Waals surface area contributed by atoms with Crippen molar-refractivity contribution in [1.29, 1.82) is 0 Å². The minimum absolute atomic E-state index is 0.172. The average Bonchev–Trinajstić information content (AvgIpc) is 2.94. The Morgan fingerprint density at radius 1 is 0.390 bits per heavy atom. The monoisotopic (exact) mass is 536 g/mol. The first-order chi connectivity index (χ1) is 19.4. The summed E-state index contributed by atoms with van der Waals surface area (Å²) in [4.78, 5) is 0. The molecule has 0 aromatic heterocycles. The van der Waals surface area contributed by atoms with Crippen LogP contribution < -0.4 is 16.4 Å². The molecule has 0 saturated heterocycles. The van der Waals surface area contributed by atoms with E-state index in [-0.39, 0.29) is 6.71 Å². The maximum Gasteiger partial charge on any atom is 0.243 e. The van der Waals surface area contributed by atoms with Gasteiger partial charge in [-0.25, -0.2) is 0 Å². The van der Waals surface area contributed by atoms with Crippen molar-refractivity contribution in [1.82, 2.24) is 0 Å². The van der Waals surface area contributed by atoms with Crippen molar-refractivity contribution < 1.29 is 0 Å². The molecule has 5 aromatic carbocycles. The van der Waals surface area contributed by atoms with Crippen LogP contribution >= 0.6 is 0 Å². The summed E-state index contributed by atoms with van der Waals surface area (Å²) in [6, 6.07) is 20.3. The molecule has 208 valence electrons. The average molecular weight is 537 g/mol. The summed E-state index contributed by atoms with van der Waals surface area (Å²) in [5.74, 6) is 0. The molecule has 5 aromatic rings. The van der Waals surface area contributed by atoms with Crippen molar-refractivity contribution in [2.24, 2.45) is 0 Å². The lowest BCUT2D eigenvalue weighted by Gasteiger charge is -2.31. The van der Waals surface area contributed by atoms with E-state index in [1.807, 2.05) is 0 Å². The van der Waals surface area contributed by atoms with E-state index in [1.165, 1.54) is 105 Å². The molecule has 0 bridgehead atoms. The molecule has 0 aliphatic rings. The molecule has 0 N–H and O–H groups in total. The Balaban J connectivity index is 1.95. The standard InChI is InChI=1S/C40H45B/c1-22-20-23(2)27(6)38(26(22)5)41(39-28(7)24(3)21-25(4)29(39)8)40-32(11)30(9)37(31(10)33(40)12)36-19-15-17-34-16-13-14-18-35(34)36/h13-21H,1-12H3. The summed E-state index contributed by atoms with van der Waals surface area (Å²) >= 11 is 0. The second-order valence-corrected chi connectivity index (χ2v) is 12.6. The summed E-state index contributed by atoms with van der Waals surface area (Å²) in [7, 11) is 0. The van der Waals surface area contributed by atoms with E-state index in [4.69, 9.17) is 0 Å². The molecule has 0 atom stereocenters. The van der Waals surface area contributed by atoms with E-state index in [0.717, 1.165) is 0 Å². The zero-order chi connectivity index (χ0) is 29.9. The van der Waals surface area contributed by atoms with E-state index in [1.54, 1.807) is 0 Å². The van der Waals surface area contributed by atoms with E-state index >= 15 is 0 Å². The highest BCUT2D eigenvalue weighted by atomic mass is 14.2. The van der Waals surface area contributed by atoms with Gasteiger partial charge in [0.25, 0.3) is 0 Å². The molecule has 5 rings (SSSR count). The fourth-order valence-corrected chi connectivity index (χ4v) is 7.42. The molecule has 41 heavy (non-hydrogen) atoms. The highest BCUT2D eigenvalue weighted by Crippen LogP contribution is 2.36. The molecule has 0 spiro atoms. The highest BCUT2D eigenvalue weighted by molar-refractivity contribution is 6.97. The van der Waals surface area contributed by atoms with Gasteiger partial charge in [-0.3, -0.25) is 0 Å². The first-order valence-corrected chi connectivity index (χ1v) is 15.1. The molecule has 0 aliphatic heterocycles. The van der Waals surface area contributed by atoms with Gasteiger partial charge in [0.2, 0.25) is 6.71 Å². The number of aryl methyl sites for hydroxylation is 4. The van der Waals surface area contributed by atoms with Gasteiger partial charge in [-0.05, 0) is 138 Å². The SMILES string of the molecule is Cc1cc(C)c(C)c(B(c2c(C)c(C)cc(C)c2C)c2c(C)c(C)c(-c3cccc4ccccc34)c(C)c2C)c1C. The third kappa shape index (κ3) is 4.55. The van der Waals surface area contributed by atoms with Gasteiger partial charge in [0.15, 0.2) is 0 Å². The lowest BCUT2D eigenvalue weighted by Crippen LogP contribution is -2.58. The van der Waals surface area contributed by atoms with Crippen molar-refractivity contribution in [3.05, 3.63) is 121 Å². The predicted octanol–water partition coefficient (Wildman–Crippen LogP) is 8.72. The Hall–Kier alpha value is -3.58. The van der Waals surface area contributed by atoms with Crippen LogP contribution in [-0.4, -0.2) is 6.71 Å². The Kier molecular flexibility index (Phi) is 7.54. The van der Waals surface area contributed by atoms with Gasteiger partial charge in [0, 0.05) is 0 Å². The van der Waals surface area contributed by atoms with Gasteiger partial charge < -0.3 is 0 Å².